The smallest absolute Gasteiger partial charge is 0.194 e. The Kier molecular flexibility index (Phi) is 3.19. The van der Waals surface area contributed by atoms with Crippen molar-refractivity contribution in [3.05, 3.63) is 35.4 Å². The van der Waals surface area contributed by atoms with E-state index in [4.69, 9.17) is 0 Å². The summed E-state index contributed by atoms with van der Waals surface area (Å²) in [5, 5.41) is 9.64. The summed E-state index contributed by atoms with van der Waals surface area (Å²) in [6, 6.07) is 2.82. The molecule has 0 aliphatic carbocycles. The Bertz CT molecular complexity index is 386. The van der Waals surface area contributed by atoms with E-state index in [1.165, 1.54) is 6.92 Å². The minimum absolute atomic E-state index is 0.0271. The van der Waals surface area contributed by atoms with Crippen LogP contribution in [0.3, 0.4) is 0 Å². The number of rotatable bonds is 3. The summed E-state index contributed by atoms with van der Waals surface area (Å²) in [6.45, 7) is 2.98. The molecular formula is C11H12F2O2. The quantitative estimate of drug-likeness (QED) is 0.784. The average Bonchev–Trinajstić information content (AvgIpc) is 2.21. The van der Waals surface area contributed by atoms with Gasteiger partial charge in [-0.3, -0.25) is 4.79 Å². The summed E-state index contributed by atoms with van der Waals surface area (Å²) in [7, 11) is 0. The molecule has 1 atom stereocenters. The van der Waals surface area contributed by atoms with Crippen LogP contribution >= 0.6 is 0 Å². The number of carbonyl (C=O) groups is 1. The number of carbonyl (C=O) groups excluding carboxylic acids is 1. The van der Waals surface area contributed by atoms with E-state index in [-0.39, 0.29) is 12.0 Å². The third-order valence-corrected chi connectivity index (χ3v) is 2.36. The Hall–Kier alpha value is -1.29. The van der Waals surface area contributed by atoms with Crippen molar-refractivity contribution < 1.29 is 18.7 Å². The normalized spacial score (nSPS) is 14.7. The van der Waals surface area contributed by atoms with Crippen molar-refractivity contribution in [1.82, 2.24) is 0 Å². The van der Waals surface area contributed by atoms with Crippen molar-refractivity contribution in [3.8, 4) is 0 Å². The second-order valence-corrected chi connectivity index (χ2v) is 3.59. The van der Waals surface area contributed by atoms with E-state index in [1.807, 2.05) is 0 Å². The molecule has 0 aliphatic heterocycles. The van der Waals surface area contributed by atoms with Crippen LogP contribution < -0.4 is 0 Å². The molecule has 0 aromatic heterocycles. The van der Waals surface area contributed by atoms with Crippen LogP contribution in [0.15, 0.2) is 18.2 Å². The van der Waals surface area contributed by atoms with Gasteiger partial charge in [0.05, 0.1) is 0 Å². The highest BCUT2D eigenvalue weighted by Gasteiger charge is 2.29. The van der Waals surface area contributed by atoms with E-state index in [1.54, 1.807) is 6.92 Å². The minimum atomic E-state index is -1.54. The zero-order valence-electron chi connectivity index (χ0n) is 8.55. The maximum atomic E-state index is 12.8. The first-order valence-corrected chi connectivity index (χ1v) is 4.60. The fraction of sp³-hybridized carbons (Fsp3) is 0.364. The fourth-order valence-corrected chi connectivity index (χ4v) is 1.11. The first-order valence-electron chi connectivity index (χ1n) is 4.60. The first kappa shape index (κ1) is 11.8. The topological polar surface area (TPSA) is 37.3 Å². The van der Waals surface area contributed by atoms with Gasteiger partial charge in [0.15, 0.2) is 17.4 Å². The zero-order valence-corrected chi connectivity index (χ0v) is 8.55. The molecule has 4 heteroatoms. The summed E-state index contributed by atoms with van der Waals surface area (Å²) in [6.07, 6.45) is 0.213. The van der Waals surface area contributed by atoms with E-state index in [0.717, 1.165) is 18.2 Å². The summed E-state index contributed by atoms with van der Waals surface area (Å²) in [4.78, 5) is 11.6. The van der Waals surface area contributed by atoms with Crippen molar-refractivity contribution in [1.29, 1.82) is 0 Å². The van der Waals surface area contributed by atoms with Gasteiger partial charge in [0.2, 0.25) is 0 Å². The summed E-state index contributed by atoms with van der Waals surface area (Å²) in [5.41, 5.74) is -1.56. The van der Waals surface area contributed by atoms with Gasteiger partial charge in [-0.05, 0) is 31.5 Å². The predicted octanol–water partition coefficient (Wildman–Crippen LogP) is 2.31. The monoisotopic (exact) mass is 214 g/mol. The Morgan fingerprint density at radius 3 is 2.47 bits per heavy atom. The van der Waals surface area contributed by atoms with Gasteiger partial charge in [-0.25, -0.2) is 8.78 Å². The second-order valence-electron chi connectivity index (χ2n) is 3.59. The van der Waals surface area contributed by atoms with E-state index >= 15 is 0 Å². The van der Waals surface area contributed by atoms with Crippen LogP contribution in [0, 0.1) is 11.6 Å². The molecule has 0 amide bonds. The van der Waals surface area contributed by atoms with E-state index < -0.39 is 23.0 Å². The summed E-state index contributed by atoms with van der Waals surface area (Å²) >= 11 is 0. The Morgan fingerprint density at radius 2 is 2.00 bits per heavy atom. The van der Waals surface area contributed by atoms with E-state index in [0.29, 0.717) is 0 Å². The molecule has 15 heavy (non-hydrogen) atoms. The van der Waals surface area contributed by atoms with Crippen LogP contribution in [0.4, 0.5) is 8.78 Å². The SMILES string of the molecule is CCC(C)(O)C(=O)c1ccc(F)c(F)c1. The molecule has 0 saturated heterocycles. The second kappa shape index (κ2) is 4.06. The number of ketones is 1. The molecule has 0 spiro atoms. The molecule has 0 saturated carbocycles. The van der Waals surface area contributed by atoms with Gasteiger partial charge in [0, 0.05) is 5.56 Å². The fourth-order valence-electron chi connectivity index (χ4n) is 1.11. The van der Waals surface area contributed by atoms with Crippen molar-refractivity contribution in [2.75, 3.05) is 0 Å². The molecular weight excluding hydrogens is 202 g/mol. The van der Waals surface area contributed by atoms with Crippen molar-refractivity contribution in [3.63, 3.8) is 0 Å². The lowest BCUT2D eigenvalue weighted by atomic mass is 9.92. The first-order chi connectivity index (χ1) is 6.88. The molecule has 0 aliphatic rings. The van der Waals surface area contributed by atoms with Crippen molar-refractivity contribution in [2.45, 2.75) is 25.9 Å². The van der Waals surface area contributed by atoms with Crippen molar-refractivity contribution >= 4 is 5.78 Å². The third kappa shape index (κ3) is 2.39. The minimum Gasteiger partial charge on any atom is -0.382 e. The van der Waals surface area contributed by atoms with Crippen LogP contribution in [-0.2, 0) is 0 Å². The summed E-state index contributed by atoms with van der Waals surface area (Å²) in [5.74, 6) is -2.71. The molecule has 82 valence electrons. The van der Waals surface area contributed by atoms with Gasteiger partial charge in [0.1, 0.15) is 5.60 Å². The molecule has 1 aromatic carbocycles. The lowest BCUT2D eigenvalue weighted by Crippen LogP contribution is -2.34. The molecule has 0 radical (unpaired) electrons. The predicted molar refractivity (Wildman–Crippen MR) is 51.6 cm³/mol. The average molecular weight is 214 g/mol. The van der Waals surface area contributed by atoms with Crippen molar-refractivity contribution in [2.24, 2.45) is 0 Å². The molecule has 1 rings (SSSR count). The zero-order chi connectivity index (χ0) is 11.6. The maximum absolute atomic E-state index is 12.8. The van der Waals surface area contributed by atoms with Gasteiger partial charge < -0.3 is 5.11 Å². The van der Waals surface area contributed by atoms with Crippen LogP contribution in [0.25, 0.3) is 0 Å². The molecule has 2 nitrogen and oxygen atoms in total. The van der Waals surface area contributed by atoms with Crippen LogP contribution in [-0.4, -0.2) is 16.5 Å². The highest BCUT2D eigenvalue weighted by molar-refractivity contribution is 6.01. The highest BCUT2D eigenvalue weighted by atomic mass is 19.2. The lowest BCUT2D eigenvalue weighted by molar-refractivity contribution is 0.0390. The Morgan fingerprint density at radius 1 is 1.40 bits per heavy atom. The van der Waals surface area contributed by atoms with Gasteiger partial charge in [-0.2, -0.15) is 0 Å². The molecule has 0 bridgehead atoms. The number of hydrogen-bond acceptors (Lipinski definition) is 2. The Balaban J connectivity index is 3.08. The number of benzene rings is 1. The van der Waals surface area contributed by atoms with Crippen LogP contribution in [0.2, 0.25) is 0 Å². The van der Waals surface area contributed by atoms with Gasteiger partial charge in [-0.15, -0.1) is 0 Å². The number of aliphatic hydroxyl groups is 1. The number of Topliss-reactive ketones (excluding diaryl/α,β-unsaturated/α-hetero) is 1. The van der Waals surface area contributed by atoms with Crippen LogP contribution in [0.1, 0.15) is 30.6 Å². The maximum Gasteiger partial charge on any atom is 0.194 e. The third-order valence-electron chi connectivity index (χ3n) is 2.36. The summed E-state index contributed by atoms with van der Waals surface area (Å²) < 4.78 is 25.4. The van der Waals surface area contributed by atoms with Gasteiger partial charge in [0.25, 0.3) is 0 Å². The largest absolute Gasteiger partial charge is 0.382 e. The highest BCUT2D eigenvalue weighted by Crippen LogP contribution is 2.18. The van der Waals surface area contributed by atoms with E-state index in [9.17, 15) is 18.7 Å². The van der Waals surface area contributed by atoms with Gasteiger partial charge in [-0.1, -0.05) is 6.92 Å². The molecule has 1 aromatic rings. The van der Waals surface area contributed by atoms with E-state index in [2.05, 4.69) is 0 Å². The lowest BCUT2D eigenvalue weighted by Gasteiger charge is -2.19. The molecule has 1 unspecified atom stereocenters. The standard InChI is InChI=1S/C11H12F2O2/c1-3-11(2,15)10(14)7-4-5-8(12)9(13)6-7/h4-6,15H,3H2,1-2H3. The molecule has 0 fully saturated rings. The molecule has 0 heterocycles. The van der Waals surface area contributed by atoms with Gasteiger partial charge >= 0.3 is 0 Å². The molecule has 1 N–H and O–H groups in total. The Labute approximate surface area is 86.5 Å². The number of halogens is 2. The number of hydrogen-bond donors (Lipinski definition) is 1. The van der Waals surface area contributed by atoms with Crippen LogP contribution in [0.5, 0.6) is 0 Å².